The zero-order valence-electron chi connectivity index (χ0n) is 22.4. The van der Waals surface area contributed by atoms with Gasteiger partial charge in [0, 0.05) is 23.9 Å². The van der Waals surface area contributed by atoms with E-state index in [0.29, 0.717) is 41.9 Å². The number of carbonyl (C=O) groups excluding carboxylic acids is 4. The second kappa shape index (κ2) is 15.0. The van der Waals surface area contributed by atoms with Crippen LogP contribution in [0.2, 0.25) is 0 Å². The van der Waals surface area contributed by atoms with Crippen molar-refractivity contribution < 1.29 is 43.2 Å². The lowest BCUT2D eigenvalue weighted by molar-refractivity contribution is -0.159. The standard InChI is InChI=1S/C28H37ClO9/c1-16(12-26(33)35-15-18(3)19(4)30)11-23(32)28-25-13-22(37-28)10-9-21(29)8-6-7-17(2)24(36-20(5)31)14-27(34)38-25/h7-8,11,22-25,28,32H,3,6,9-10,12-15H2,1-2,4-5H3/b16-11+,17-7-,21-8-/t22?,23-,24+,25?,28+/m1/s1. The number of ketones is 1. The zero-order valence-corrected chi connectivity index (χ0v) is 23.1. The molecule has 0 amide bonds. The number of ether oxygens (including phenoxy) is 4. The van der Waals surface area contributed by atoms with Gasteiger partial charge in [0.05, 0.1) is 18.9 Å². The maximum absolute atomic E-state index is 12.8. The van der Waals surface area contributed by atoms with Crippen LogP contribution in [0, 0.1) is 0 Å². The molecular formula is C28H37ClO9. The van der Waals surface area contributed by atoms with Crippen molar-refractivity contribution in [1.29, 1.82) is 0 Å². The number of hydrogen-bond acceptors (Lipinski definition) is 9. The van der Waals surface area contributed by atoms with Crippen LogP contribution in [0.4, 0.5) is 0 Å². The summed E-state index contributed by atoms with van der Waals surface area (Å²) in [6, 6.07) is 0. The Kier molecular flexibility index (Phi) is 12.4. The Labute approximate surface area is 228 Å². The van der Waals surface area contributed by atoms with Crippen molar-refractivity contribution in [3.8, 4) is 0 Å². The van der Waals surface area contributed by atoms with E-state index >= 15 is 0 Å². The summed E-state index contributed by atoms with van der Waals surface area (Å²) in [4.78, 5) is 47.8. The van der Waals surface area contributed by atoms with Gasteiger partial charge in [0.1, 0.15) is 31.0 Å². The summed E-state index contributed by atoms with van der Waals surface area (Å²) in [5.41, 5.74) is 1.40. The molecule has 2 unspecified atom stereocenters. The number of rotatable bonds is 8. The van der Waals surface area contributed by atoms with Crippen molar-refractivity contribution in [3.63, 3.8) is 0 Å². The number of aliphatic hydroxyl groups is 1. The number of carbonyl (C=O) groups is 4. The number of halogens is 1. The molecule has 2 bridgehead atoms. The van der Waals surface area contributed by atoms with Gasteiger partial charge in [-0.15, -0.1) is 0 Å². The average molecular weight is 553 g/mol. The molecule has 0 radical (unpaired) electrons. The van der Waals surface area contributed by atoms with Crippen molar-refractivity contribution in [1.82, 2.24) is 0 Å². The van der Waals surface area contributed by atoms with Gasteiger partial charge in [-0.05, 0) is 45.6 Å². The third-order valence-corrected chi connectivity index (χ3v) is 6.61. The van der Waals surface area contributed by atoms with Crippen LogP contribution in [0.5, 0.6) is 0 Å². The highest BCUT2D eigenvalue weighted by molar-refractivity contribution is 6.29. The van der Waals surface area contributed by atoms with Crippen LogP contribution in [-0.2, 0) is 38.1 Å². The molecule has 2 rings (SSSR count). The SMILES string of the molecule is C=C(COC(=O)C/C(C)=C/[C@@H](O)[C@@H]1OC2CC/C(Cl)=C/C/C=C(/C)[C@@H](OC(C)=O)CC(=O)OC1C2)C(C)=O. The molecule has 9 nitrogen and oxygen atoms in total. The minimum Gasteiger partial charge on any atom is -0.460 e. The smallest absolute Gasteiger partial charge is 0.310 e. The molecule has 210 valence electrons. The molecule has 0 saturated carbocycles. The molecular weight excluding hydrogens is 516 g/mol. The Morgan fingerprint density at radius 2 is 1.97 bits per heavy atom. The second-order valence-electron chi connectivity index (χ2n) is 9.66. The molecule has 0 aromatic heterocycles. The Morgan fingerprint density at radius 3 is 2.63 bits per heavy atom. The van der Waals surface area contributed by atoms with Gasteiger partial charge < -0.3 is 24.1 Å². The van der Waals surface area contributed by atoms with Crippen LogP contribution >= 0.6 is 11.6 Å². The second-order valence-corrected chi connectivity index (χ2v) is 10.1. The summed E-state index contributed by atoms with van der Waals surface area (Å²) in [5, 5.41) is 11.6. The highest BCUT2D eigenvalue weighted by Crippen LogP contribution is 2.31. The summed E-state index contributed by atoms with van der Waals surface area (Å²) in [6.07, 6.45) is 2.95. The van der Waals surface area contributed by atoms with Crippen molar-refractivity contribution in [2.24, 2.45) is 0 Å². The highest BCUT2D eigenvalue weighted by atomic mass is 35.5. The summed E-state index contributed by atoms with van der Waals surface area (Å²) < 4.78 is 22.1. The first-order chi connectivity index (χ1) is 17.8. The molecule has 10 heteroatoms. The van der Waals surface area contributed by atoms with E-state index in [0.717, 1.165) is 0 Å². The van der Waals surface area contributed by atoms with E-state index < -0.39 is 42.3 Å². The molecule has 2 heterocycles. The Hall–Kier alpha value is -2.75. The number of allylic oxidation sites excluding steroid dienone is 3. The van der Waals surface area contributed by atoms with Crippen LogP contribution in [0.15, 0.2) is 46.6 Å². The molecule has 1 N–H and O–H groups in total. The van der Waals surface area contributed by atoms with E-state index in [4.69, 9.17) is 30.5 Å². The first-order valence-electron chi connectivity index (χ1n) is 12.6. The van der Waals surface area contributed by atoms with Crippen molar-refractivity contribution in [3.05, 3.63) is 46.6 Å². The molecule has 1 fully saturated rings. The summed E-state index contributed by atoms with van der Waals surface area (Å²) >= 11 is 6.37. The monoisotopic (exact) mass is 552 g/mol. The quantitative estimate of drug-likeness (QED) is 0.206. The van der Waals surface area contributed by atoms with Gasteiger partial charge in [-0.2, -0.15) is 0 Å². The molecule has 2 aliphatic heterocycles. The lowest BCUT2D eigenvalue weighted by Crippen LogP contribution is -2.37. The zero-order chi connectivity index (χ0) is 28.4. The Morgan fingerprint density at radius 1 is 1.26 bits per heavy atom. The van der Waals surface area contributed by atoms with E-state index in [1.165, 1.54) is 19.9 Å². The van der Waals surface area contributed by atoms with Gasteiger partial charge in [0.25, 0.3) is 0 Å². The van der Waals surface area contributed by atoms with Gasteiger partial charge in [-0.1, -0.05) is 42.0 Å². The third-order valence-electron chi connectivity index (χ3n) is 6.27. The number of Topliss-reactive ketones (excluding diaryl/α,β-unsaturated/α-hetero) is 1. The maximum atomic E-state index is 12.8. The first kappa shape index (κ1) is 31.5. The van der Waals surface area contributed by atoms with Gasteiger partial charge in [-0.25, -0.2) is 0 Å². The van der Waals surface area contributed by atoms with Crippen LogP contribution < -0.4 is 0 Å². The molecule has 0 spiro atoms. The highest BCUT2D eigenvalue weighted by Gasteiger charge is 2.41. The van der Waals surface area contributed by atoms with Gasteiger partial charge in [-0.3, -0.25) is 19.2 Å². The van der Waals surface area contributed by atoms with Crippen molar-refractivity contribution in [2.45, 2.75) is 96.7 Å². The lowest BCUT2D eigenvalue weighted by atomic mass is 10.0. The lowest BCUT2D eigenvalue weighted by Gasteiger charge is -2.24. The van der Waals surface area contributed by atoms with Crippen molar-refractivity contribution >= 4 is 35.3 Å². The third kappa shape index (κ3) is 10.6. The van der Waals surface area contributed by atoms with Crippen molar-refractivity contribution in [2.75, 3.05) is 6.61 Å². The van der Waals surface area contributed by atoms with E-state index in [1.807, 2.05) is 12.2 Å². The topological polar surface area (TPSA) is 125 Å². The molecule has 5 atom stereocenters. The Bertz CT molecular complexity index is 1010. The fourth-order valence-corrected chi connectivity index (χ4v) is 4.32. The molecule has 38 heavy (non-hydrogen) atoms. The van der Waals surface area contributed by atoms with Gasteiger partial charge in [0.15, 0.2) is 5.78 Å². The summed E-state index contributed by atoms with van der Waals surface area (Å²) in [6.45, 7) is 9.37. The molecule has 1 saturated heterocycles. The predicted octanol–water partition coefficient (Wildman–Crippen LogP) is 4.02. The molecule has 0 aromatic rings. The van der Waals surface area contributed by atoms with E-state index in [9.17, 15) is 24.3 Å². The summed E-state index contributed by atoms with van der Waals surface area (Å²) in [5.74, 6) is -1.95. The van der Waals surface area contributed by atoms with Crippen LogP contribution in [0.3, 0.4) is 0 Å². The number of esters is 3. The minimum absolute atomic E-state index is 0.112. The average Bonchev–Trinajstić information content (AvgIpc) is 3.22. The first-order valence-corrected chi connectivity index (χ1v) is 13.0. The van der Waals surface area contributed by atoms with Crippen LogP contribution in [0.1, 0.15) is 66.2 Å². The normalized spacial score (nSPS) is 28.5. The Balaban J connectivity index is 2.15. The number of fused-ring (bicyclic) bond motifs is 2. The fraction of sp³-hybridized carbons (Fsp3) is 0.571. The summed E-state index contributed by atoms with van der Waals surface area (Å²) in [7, 11) is 0. The minimum atomic E-state index is -1.18. The largest absolute Gasteiger partial charge is 0.460 e. The van der Waals surface area contributed by atoms with Crippen LogP contribution in [-0.4, -0.2) is 65.9 Å². The fourth-order valence-electron chi connectivity index (χ4n) is 4.12. The molecule has 0 aromatic carbocycles. The van der Waals surface area contributed by atoms with Gasteiger partial charge >= 0.3 is 17.9 Å². The van der Waals surface area contributed by atoms with Crippen LogP contribution in [0.25, 0.3) is 0 Å². The molecule has 0 aliphatic carbocycles. The van der Waals surface area contributed by atoms with Gasteiger partial charge in [0.2, 0.25) is 0 Å². The van der Waals surface area contributed by atoms with E-state index in [1.54, 1.807) is 13.8 Å². The van der Waals surface area contributed by atoms with E-state index in [-0.39, 0.29) is 36.9 Å². The van der Waals surface area contributed by atoms with E-state index in [2.05, 4.69) is 6.58 Å². The predicted molar refractivity (Wildman–Crippen MR) is 140 cm³/mol. The number of aliphatic hydroxyl groups excluding tert-OH is 1. The maximum Gasteiger partial charge on any atom is 0.310 e. The molecule has 2 aliphatic rings. The number of hydrogen-bond donors (Lipinski definition) is 1.